The minimum absolute atomic E-state index is 1.34. The molecule has 0 bridgehead atoms. The fourth-order valence-electron chi connectivity index (χ4n) is 1.30. The Hall–Kier alpha value is -1.08. The summed E-state index contributed by atoms with van der Waals surface area (Å²) in [7, 11) is 0. The number of hydrogen-bond acceptors (Lipinski definition) is 1. The molecule has 0 amide bonds. The van der Waals surface area contributed by atoms with Crippen LogP contribution in [0.4, 0.5) is 0 Å². The van der Waals surface area contributed by atoms with Crippen LogP contribution in [0.5, 0.6) is 0 Å². The first kappa shape index (κ1) is 7.56. The summed E-state index contributed by atoms with van der Waals surface area (Å²) in [5.41, 5.74) is 0. The zero-order valence-electron chi connectivity index (χ0n) is 6.95. The minimum atomic E-state index is 1.34. The topological polar surface area (TPSA) is 0 Å². The Kier molecular flexibility index (Phi) is 1.96. The first-order chi connectivity index (χ1) is 5.92. The molecule has 1 aromatic heterocycles. The molecule has 0 spiro atoms. The predicted molar refractivity (Wildman–Crippen MR) is 56.5 cm³/mol. The van der Waals surface area contributed by atoms with Gasteiger partial charge in [-0.25, -0.2) is 0 Å². The number of rotatable bonds is 1. The highest BCUT2D eigenvalue weighted by molar-refractivity contribution is 7.12. The average Bonchev–Trinajstić information content (AvgIpc) is 2.50. The van der Waals surface area contributed by atoms with E-state index in [9.17, 15) is 0 Å². The van der Waals surface area contributed by atoms with Crippen LogP contribution in [0.3, 0.4) is 0 Å². The Morgan fingerprint density at radius 1 is 1.25 bits per heavy atom. The van der Waals surface area contributed by atoms with E-state index in [1.54, 1.807) is 11.3 Å². The molecule has 0 aliphatic carbocycles. The van der Waals surface area contributed by atoms with E-state index in [0.717, 1.165) is 0 Å². The maximum atomic E-state index is 2.20. The molecule has 0 saturated carbocycles. The van der Waals surface area contributed by atoms with Gasteiger partial charge in [-0.1, -0.05) is 30.3 Å². The van der Waals surface area contributed by atoms with Gasteiger partial charge in [0.15, 0.2) is 0 Å². The van der Waals surface area contributed by atoms with E-state index in [1.165, 1.54) is 15.6 Å². The number of fused-ring (bicyclic) bond motifs is 1. The van der Waals surface area contributed by atoms with E-state index < -0.39 is 0 Å². The van der Waals surface area contributed by atoms with Crippen LogP contribution < -0.4 is 0 Å². The lowest BCUT2D eigenvalue weighted by Crippen LogP contribution is -1.64. The number of benzene rings is 1. The van der Waals surface area contributed by atoms with Gasteiger partial charge in [0.1, 0.15) is 0 Å². The third kappa shape index (κ3) is 1.16. The van der Waals surface area contributed by atoms with Gasteiger partial charge in [0.05, 0.1) is 0 Å². The van der Waals surface area contributed by atoms with Crippen LogP contribution in [0.2, 0.25) is 0 Å². The summed E-state index contributed by atoms with van der Waals surface area (Å²) in [6.07, 6.45) is 4.24. The van der Waals surface area contributed by atoms with Crippen molar-refractivity contribution in [1.29, 1.82) is 0 Å². The molecule has 0 radical (unpaired) electrons. The smallest absolute Gasteiger partial charge is 0.0345 e. The van der Waals surface area contributed by atoms with Gasteiger partial charge < -0.3 is 0 Å². The van der Waals surface area contributed by atoms with Crippen molar-refractivity contribution in [2.45, 2.75) is 6.92 Å². The molecule has 0 aliphatic rings. The molecule has 2 aromatic rings. The lowest BCUT2D eigenvalue weighted by atomic mass is 10.2. The summed E-state index contributed by atoms with van der Waals surface area (Å²) in [6.45, 7) is 2.05. The average molecular weight is 174 g/mol. The highest BCUT2D eigenvalue weighted by Crippen LogP contribution is 2.26. The van der Waals surface area contributed by atoms with E-state index in [0.29, 0.717) is 0 Å². The maximum absolute atomic E-state index is 2.20. The van der Waals surface area contributed by atoms with Crippen molar-refractivity contribution in [3.8, 4) is 0 Å². The highest BCUT2D eigenvalue weighted by atomic mass is 32.1. The third-order valence-corrected chi connectivity index (χ3v) is 2.84. The molecule has 0 unspecified atom stereocenters. The summed E-state index contributed by atoms with van der Waals surface area (Å²) < 4.78 is 0. The lowest BCUT2D eigenvalue weighted by Gasteiger charge is -1.89. The molecule has 0 nitrogen and oxygen atoms in total. The van der Waals surface area contributed by atoms with Gasteiger partial charge in [-0.3, -0.25) is 0 Å². The van der Waals surface area contributed by atoms with Crippen LogP contribution in [-0.2, 0) is 0 Å². The molecular formula is C11H10S. The molecular weight excluding hydrogens is 164 g/mol. The quantitative estimate of drug-likeness (QED) is 0.614. The van der Waals surface area contributed by atoms with Crippen molar-refractivity contribution in [2.24, 2.45) is 0 Å². The second-order valence-corrected chi connectivity index (χ2v) is 3.60. The Labute approximate surface area is 76.2 Å². The Morgan fingerprint density at radius 2 is 2.08 bits per heavy atom. The van der Waals surface area contributed by atoms with Crippen LogP contribution in [0, 0.1) is 0 Å². The Morgan fingerprint density at radius 3 is 2.92 bits per heavy atom. The van der Waals surface area contributed by atoms with Crippen molar-refractivity contribution >= 4 is 28.2 Å². The van der Waals surface area contributed by atoms with Gasteiger partial charge in [0, 0.05) is 4.88 Å². The second-order valence-electron chi connectivity index (χ2n) is 2.69. The predicted octanol–water partition coefficient (Wildman–Crippen LogP) is 3.93. The summed E-state index contributed by atoms with van der Waals surface area (Å²) >= 11 is 1.80. The van der Waals surface area contributed by atoms with E-state index in [-0.39, 0.29) is 0 Å². The van der Waals surface area contributed by atoms with E-state index >= 15 is 0 Å². The van der Waals surface area contributed by atoms with Crippen molar-refractivity contribution in [1.82, 2.24) is 0 Å². The monoisotopic (exact) mass is 174 g/mol. The SMILES string of the molecule is CC=Cc1scc2ccccc12. The van der Waals surface area contributed by atoms with Gasteiger partial charge in [-0.05, 0) is 29.2 Å². The molecule has 2 rings (SSSR count). The standard InChI is InChI=1S/C11H10S/c1-2-5-11-10-7-4-3-6-9(10)8-12-11/h2-8H,1H3. The zero-order chi connectivity index (χ0) is 8.39. The summed E-state index contributed by atoms with van der Waals surface area (Å²) in [5, 5.41) is 4.90. The molecule has 1 aromatic carbocycles. The molecule has 60 valence electrons. The Bertz CT molecular complexity index is 410. The van der Waals surface area contributed by atoms with Gasteiger partial charge in [0.2, 0.25) is 0 Å². The molecule has 12 heavy (non-hydrogen) atoms. The van der Waals surface area contributed by atoms with Crippen molar-refractivity contribution < 1.29 is 0 Å². The number of allylic oxidation sites excluding steroid dienone is 1. The van der Waals surface area contributed by atoms with Crippen molar-refractivity contribution in [3.05, 3.63) is 40.6 Å². The largest absolute Gasteiger partial charge is 0.143 e. The molecule has 0 fully saturated rings. The van der Waals surface area contributed by atoms with Crippen LogP contribution in [0.25, 0.3) is 16.8 Å². The fourth-order valence-corrected chi connectivity index (χ4v) is 2.28. The molecule has 0 atom stereocenters. The maximum Gasteiger partial charge on any atom is 0.0345 e. The lowest BCUT2D eigenvalue weighted by molar-refractivity contribution is 1.79. The summed E-state index contributed by atoms with van der Waals surface area (Å²) in [5.74, 6) is 0. The number of thiophene rings is 1. The van der Waals surface area contributed by atoms with E-state index in [4.69, 9.17) is 0 Å². The fraction of sp³-hybridized carbons (Fsp3) is 0.0909. The summed E-state index contributed by atoms with van der Waals surface area (Å²) in [4.78, 5) is 1.35. The van der Waals surface area contributed by atoms with Crippen LogP contribution in [0.1, 0.15) is 11.8 Å². The van der Waals surface area contributed by atoms with E-state index in [1.807, 2.05) is 0 Å². The first-order valence-electron chi connectivity index (χ1n) is 4.01. The van der Waals surface area contributed by atoms with Crippen LogP contribution in [-0.4, -0.2) is 0 Å². The van der Waals surface area contributed by atoms with E-state index in [2.05, 4.69) is 48.7 Å². The van der Waals surface area contributed by atoms with Crippen molar-refractivity contribution in [2.75, 3.05) is 0 Å². The number of hydrogen-bond donors (Lipinski definition) is 0. The van der Waals surface area contributed by atoms with Crippen LogP contribution in [0.15, 0.2) is 35.7 Å². The molecule has 1 heteroatoms. The Balaban J connectivity index is 2.70. The zero-order valence-corrected chi connectivity index (χ0v) is 7.77. The highest BCUT2D eigenvalue weighted by Gasteiger charge is 1.97. The molecule has 1 heterocycles. The molecule has 0 saturated heterocycles. The van der Waals surface area contributed by atoms with Gasteiger partial charge >= 0.3 is 0 Å². The van der Waals surface area contributed by atoms with Crippen molar-refractivity contribution in [3.63, 3.8) is 0 Å². The van der Waals surface area contributed by atoms with Gasteiger partial charge in [-0.15, -0.1) is 11.3 Å². The second kappa shape index (κ2) is 3.11. The summed E-state index contributed by atoms with van der Waals surface area (Å²) in [6, 6.07) is 8.48. The molecule has 0 N–H and O–H groups in total. The van der Waals surface area contributed by atoms with Gasteiger partial charge in [0.25, 0.3) is 0 Å². The van der Waals surface area contributed by atoms with Crippen LogP contribution >= 0.6 is 11.3 Å². The molecule has 0 aliphatic heterocycles. The first-order valence-corrected chi connectivity index (χ1v) is 4.88. The normalized spacial score (nSPS) is 11.4. The minimum Gasteiger partial charge on any atom is -0.143 e. The van der Waals surface area contributed by atoms with Gasteiger partial charge in [-0.2, -0.15) is 0 Å². The third-order valence-electron chi connectivity index (χ3n) is 1.86.